The minimum absolute atomic E-state index is 0.0451. The first-order valence-electron chi connectivity index (χ1n) is 8.34. The fourth-order valence-corrected chi connectivity index (χ4v) is 3.09. The van der Waals surface area contributed by atoms with Gasteiger partial charge < -0.3 is 9.32 Å². The molecule has 3 aromatic rings. The predicted molar refractivity (Wildman–Crippen MR) is 104 cm³/mol. The number of pyridine rings is 1. The summed E-state index contributed by atoms with van der Waals surface area (Å²) in [5.41, 5.74) is -2.15. The highest BCUT2D eigenvalue weighted by Crippen LogP contribution is 2.35. The van der Waals surface area contributed by atoms with Crippen molar-refractivity contribution in [3.8, 4) is 17.7 Å². The molecule has 0 N–H and O–H groups in total. The molecule has 162 valence electrons. The maximum atomic E-state index is 13.2. The molecule has 1 aromatic carbocycles. The molecular formula is C18H10F6IN5O. The first kappa shape index (κ1) is 22.8. The number of hydrogen-bond donors (Lipinski definition) is 0. The maximum absolute atomic E-state index is 13.2. The second-order valence-electron chi connectivity index (χ2n) is 6.16. The number of halogens is 7. The van der Waals surface area contributed by atoms with E-state index in [9.17, 15) is 26.3 Å². The number of anilines is 1. The summed E-state index contributed by atoms with van der Waals surface area (Å²) in [5.74, 6) is -0.297. The first-order valence-corrected chi connectivity index (χ1v) is 9.42. The van der Waals surface area contributed by atoms with Crippen LogP contribution in [0.4, 0.5) is 32.0 Å². The average Bonchev–Trinajstić information content (AvgIpc) is 3.14. The summed E-state index contributed by atoms with van der Waals surface area (Å²) in [4.78, 5) is 4.76. The van der Waals surface area contributed by atoms with Crippen LogP contribution in [0.1, 0.15) is 17.0 Å². The molecule has 0 bridgehead atoms. The van der Waals surface area contributed by atoms with Crippen LogP contribution in [0.5, 0.6) is 0 Å². The van der Waals surface area contributed by atoms with E-state index in [1.807, 2.05) is 22.6 Å². The Morgan fingerprint density at radius 2 is 1.81 bits per heavy atom. The first-order chi connectivity index (χ1) is 14.5. The molecule has 0 saturated heterocycles. The van der Waals surface area contributed by atoms with Gasteiger partial charge in [0.25, 0.3) is 5.89 Å². The highest BCUT2D eigenvalue weighted by Gasteiger charge is 2.36. The van der Waals surface area contributed by atoms with E-state index in [2.05, 4.69) is 15.2 Å². The lowest BCUT2D eigenvalue weighted by molar-refractivity contribution is -0.137. The van der Waals surface area contributed by atoms with Gasteiger partial charge in [-0.3, -0.25) is 0 Å². The van der Waals surface area contributed by atoms with E-state index in [0.717, 1.165) is 12.1 Å². The van der Waals surface area contributed by atoms with Crippen LogP contribution in [0.2, 0.25) is 0 Å². The van der Waals surface area contributed by atoms with Gasteiger partial charge in [-0.05, 0) is 52.9 Å². The number of rotatable bonds is 5. The summed E-state index contributed by atoms with van der Waals surface area (Å²) in [7, 11) is 0. The highest BCUT2D eigenvalue weighted by atomic mass is 127. The van der Waals surface area contributed by atoms with Crippen molar-refractivity contribution in [3.63, 3.8) is 0 Å². The summed E-state index contributed by atoms with van der Waals surface area (Å²) < 4.78 is 84.9. The quantitative estimate of drug-likeness (QED) is 0.246. The summed E-state index contributed by atoms with van der Waals surface area (Å²) in [6, 6.07) is 8.61. The third-order valence-electron chi connectivity index (χ3n) is 3.89. The van der Waals surface area contributed by atoms with Crippen molar-refractivity contribution in [3.05, 3.63) is 57.1 Å². The van der Waals surface area contributed by atoms with Gasteiger partial charge in [-0.25, -0.2) is 4.98 Å². The van der Waals surface area contributed by atoms with E-state index in [0.29, 0.717) is 20.4 Å². The van der Waals surface area contributed by atoms with Crippen molar-refractivity contribution >= 4 is 28.3 Å². The van der Waals surface area contributed by atoms with Gasteiger partial charge in [-0.1, -0.05) is 6.07 Å². The fraction of sp³-hybridized carbons (Fsp3) is 0.222. The molecule has 0 aliphatic heterocycles. The monoisotopic (exact) mass is 553 g/mol. The van der Waals surface area contributed by atoms with Gasteiger partial charge in [0, 0.05) is 5.69 Å². The Labute approximate surface area is 184 Å². The zero-order chi connectivity index (χ0) is 22.8. The molecule has 0 fully saturated rings. The summed E-state index contributed by atoms with van der Waals surface area (Å²) in [5, 5.41) is 16.3. The van der Waals surface area contributed by atoms with Crippen LogP contribution >= 0.6 is 22.6 Å². The Kier molecular flexibility index (Phi) is 6.39. The van der Waals surface area contributed by atoms with Crippen molar-refractivity contribution in [2.24, 2.45) is 0 Å². The van der Waals surface area contributed by atoms with E-state index >= 15 is 0 Å². The number of nitriles is 1. The number of alkyl halides is 6. The lowest BCUT2D eigenvalue weighted by atomic mass is 10.1. The van der Waals surface area contributed by atoms with Crippen LogP contribution in [-0.4, -0.2) is 27.9 Å². The van der Waals surface area contributed by atoms with Gasteiger partial charge in [-0.15, -0.1) is 10.2 Å². The third kappa shape index (κ3) is 5.84. The van der Waals surface area contributed by atoms with E-state index in [-0.39, 0.29) is 11.8 Å². The predicted octanol–water partition coefficient (Wildman–Crippen LogP) is 5.20. The van der Waals surface area contributed by atoms with Gasteiger partial charge in [0.05, 0.1) is 23.7 Å². The maximum Gasteiger partial charge on any atom is 0.417 e. The number of hydrogen-bond acceptors (Lipinski definition) is 6. The van der Waals surface area contributed by atoms with Crippen LogP contribution in [-0.2, 0) is 12.7 Å². The van der Waals surface area contributed by atoms with Crippen molar-refractivity contribution in [2.75, 3.05) is 11.4 Å². The molecule has 0 saturated carbocycles. The normalized spacial score (nSPS) is 11.9. The smallest absolute Gasteiger partial charge is 0.417 e. The minimum atomic E-state index is -4.92. The van der Waals surface area contributed by atoms with E-state index < -0.39 is 42.3 Å². The Bertz CT molecular complexity index is 1120. The van der Waals surface area contributed by atoms with Crippen molar-refractivity contribution in [1.82, 2.24) is 15.2 Å². The SMILES string of the molecule is N#Cc1ccc(N(Cc2nnc(-c3cccc(I)n3)o2)CC(F)(F)F)cc1C(F)(F)F. The van der Waals surface area contributed by atoms with Crippen LogP contribution in [0, 0.1) is 15.0 Å². The standard InChI is InChI=1S/C18H10F6IN5O/c19-17(20,21)9-30(11-5-4-10(7-26)12(6-11)18(22,23)24)8-15-28-29-16(31-15)13-2-1-3-14(25)27-13/h1-6H,8-9H2. The van der Waals surface area contributed by atoms with E-state index in [1.54, 1.807) is 18.2 Å². The van der Waals surface area contributed by atoms with Crippen molar-refractivity contribution in [1.29, 1.82) is 5.26 Å². The molecule has 0 unspecified atom stereocenters. The molecule has 0 amide bonds. The molecule has 6 nitrogen and oxygen atoms in total. The number of aromatic nitrogens is 3. The molecule has 13 heteroatoms. The molecular weight excluding hydrogens is 543 g/mol. The molecule has 3 rings (SSSR count). The van der Waals surface area contributed by atoms with E-state index in [4.69, 9.17) is 9.68 Å². The lowest BCUT2D eigenvalue weighted by Gasteiger charge is -2.25. The lowest BCUT2D eigenvalue weighted by Crippen LogP contribution is -2.34. The minimum Gasteiger partial charge on any atom is -0.417 e. The molecule has 31 heavy (non-hydrogen) atoms. The van der Waals surface area contributed by atoms with Crippen molar-refractivity contribution < 1.29 is 30.8 Å². The Balaban J connectivity index is 1.95. The number of nitrogens with zero attached hydrogens (tertiary/aromatic N) is 5. The topological polar surface area (TPSA) is 78.8 Å². The summed E-state index contributed by atoms with van der Waals surface area (Å²) in [6.07, 6.45) is -9.65. The molecule has 0 aliphatic rings. The second kappa shape index (κ2) is 8.69. The largest absolute Gasteiger partial charge is 0.417 e. The molecule has 0 atom stereocenters. The third-order valence-corrected chi connectivity index (χ3v) is 4.49. The zero-order valence-corrected chi connectivity index (χ0v) is 17.3. The summed E-state index contributed by atoms with van der Waals surface area (Å²) >= 11 is 1.95. The van der Waals surface area contributed by atoms with E-state index in [1.165, 1.54) is 6.07 Å². The van der Waals surface area contributed by atoms with Gasteiger partial charge in [0.2, 0.25) is 5.89 Å². The van der Waals surface area contributed by atoms with Crippen LogP contribution < -0.4 is 4.90 Å². The number of benzene rings is 1. The van der Waals surface area contributed by atoms with Crippen LogP contribution in [0.3, 0.4) is 0 Å². The van der Waals surface area contributed by atoms with Crippen LogP contribution in [0.25, 0.3) is 11.6 Å². The van der Waals surface area contributed by atoms with Crippen LogP contribution in [0.15, 0.2) is 40.8 Å². The van der Waals surface area contributed by atoms with Gasteiger partial charge in [0.15, 0.2) is 0 Å². The molecule has 2 aromatic heterocycles. The second-order valence-corrected chi connectivity index (χ2v) is 7.26. The zero-order valence-electron chi connectivity index (χ0n) is 15.2. The Morgan fingerprint density at radius 1 is 1.06 bits per heavy atom. The van der Waals surface area contributed by atoms with Crippen molar-refractivity contribution in [2.45, 2.75) is 18.9 Å². The highest BCUT2D eigenvalue weighted by molar-refractivity contribution is 14.1. The Morgan fingerprint density at radius 3 is 2.42 bits per heavy atom. The molecule has 0 aliphatic carbocycles. The Hall–Kier alpha value is -2.89. The van der Waals surface area contributed by atoms with Gasteiger partial charge in [-0.2, -0.15) is 31.6 Å². The fourth-order valence-electron chi connectivity index (χ4n) is 2.63. The molecule has 0 radical (unpaired) electrons. The van der Waals surface area contributed by atoms with Gasteiger partial charge in [0.1, 0.15) is 15.9 Å². The molecule has 2 heterocycles. The van der Waals surface area contributed by atoms with Gasteiger partial charge >= 0.3 is 12.4 Å². The average molecular weight is 553 g/mol. The summed E-state index contributed by atoms with van der Waals surface area (Å²) in [6.45, 7) is -2.19. The molecule has 0 spiro atoms.